The van der Waals surface area contributed by atoms with Crippen LogP contribution in [0.15, 0.2) is 194 Å². The van der Waals surface area contributed by atoms with Crippen LogP contribution in [-0.2, 0) is 5.41 Å². The van der Waals surface area contributed by atoms with Crippen molar-refractivity contribution in [2.45, 2.75) is 37.5 Å². The fourth-order valence-electron chi connectivity index (χ4n) is 10.5. The lowest BCUT2D eigenvalue weighted by atomic mass is 9.67. The van der Waals surface area contributed by atoms with Crippen molar-refractivity contribution in [3.8, 4) is 55.6 Å². The normalized spacial score (nSPS) is 14.3. The van der Waals surface area contributed by atoms with Gasteiger partial charge in [-0.2, -0.15) is 0 Å². The van der Waals surface area contributed by atoms with E-state index in [0.717, 1.165) is 0 Å². The van der Waals surface area contributed by atoms with E-state index in [9.17, 15) is 0 Å². The van der Waals surface area contributed by atoms with E-state index in [1.165, 1.54) is 142 Å². The van der Waals surface area contributed by atoms with Crippen LogP contribution in [0.2, 0.25) is 0 Å². The third-order valence-corrected chi connectivity index (χ3v) is 13.6. The van der Waals surface area contributed by atoms with Crippen LogP contribution in [0.1, 0.15) is 43.2 Å². The Morgan fingerprint density at radius 1 is 0.241 bits per heavy atom. The first-order chi connectivity index (χ1) is 28.6. The maximum atomic E-state index is 2.55. The van der Waals surface area contributed by atoms with Crippen molar-refractivity contribution in [3.05, 3.63) is 205 Å². The SMILES string of the molecule is c1ccc2cc(-c3ccc4cc(-c5ccc6c(c5)C5(CCCCC5)c5cc(-c7ccc8cc(-c9ccc%10ccccc%10c9)ccc8c7)ccc5-6)ccc4c3)ccc2c1. The molecule has 58 heavy (non-hydrogen) atoms. The predicted octanol–water partition coefficient (Wildman–Crippen LogP) is 16.2. The summed E-state index contributed by atoms with van der Waals surface area (Å²) in [4.78, 5) is 0. The highest BCUT2D eigenvalue weighted by Gasteiger charge is 2.44. The molecule has 0 saturated heterocycles. The van der Waals surface area contributed by atoms with Gasteiger partial charge in [-0.05, 0) is 171 Å². The van der Waals surface area contributed by atoms with Crippen LogP contribution in [0.25, 0.3) is 98.7 Å². The molecule has 0 aliphatic heterocycles. The predicted molar refractivity (Wildman–Crippen MR) is 248 cm³/mol. The number of rotatable bonds is 4. The topological polar surface area (TPSA) is 0 Å². The zero-order chi connectivity index (χ0) is 38.2. The Morgan fingerprint density at radius 2 is 0.517 bits per heavy atom. The summed E-state index contributed by atoms with van der Waals surface area (Å²) in [6, 6.07) is 73.3. The summed E-state index contributed by atoms with van der Waals surface area (Å²) >= 11 is 0. The fourth-order valence-corrected chi connectivity index (χ4v) is 10.5. The third kappa shape index (κ3) is 5.43. The second-order valence-electron chi connectivity index (χ2n) is 16.8. The van der Waals surface area contributed by atoms with Crippen LogP contribution < -0.4 is 0 Å². The molecule has 0 aromatic heterocycles. The average Bonchev–Trinajstić information content (AvgIpc) is 3.55. The lowest BCUT2D eigenvalue weighted by Gasteiger charge is -2.36. The van der Waals surface area contributed by atoms with E-state index in [-0.39, 0.29) is 5.41 Å². The van der Waals surface area contributed by atoms with Gasteiger partial charge in [-0.15, -0.1) is 0 Å². The monoisotopic (exact) mass is 738 g/mol. The summed E-state index contributed by atoms with van der Waals surface area (Å²) in [5, 5.41) is 10.2. The maximum Gasteiger partial charge on any atom is 0.0215 e. The van der Waals surface area contributed by atoms with Crippen molar-refractivity contribution in [3.63, 3.8) is 0 Å². The van der Waals surface area contributed by atoms with Gasteiger partial charge in [0.15, 0.2) is 0 Å². The number of hydrogen-bond donors (Lipinski definition) is 0. The minimum atomic E-state index is 0.0617. The van der Waals surface area contributed by atoms with Gasteiger partial charge in [0.2, 0.25) is 0 Å². The molecule has 0 N–H and O–H groups in total. The zero-order valence-electron chi connectivity index (χ0n) is 32.5. The molecule has 2 aliphatic carbocycles. The van der Waals surface area contributed by atoms with Gasteiger partial charge >= 0.3 is 0 Å². The van der Waals surface area contributed by atoms with E-state index in [1.54, 1.807) is 0 Å². The standard InChI is InChI=1S/C58H42/c1-6-28-58(29-7-1)56-36-52(50-22-20-46-32-44(16-18-48(46)34-50)42-14-12-38-8-2-4-10-40(38)30-42)24-26-54(56)55-27-25-53(37-57(55)58)51-23-21-47-33-45(17-19-49(47)35-51)43-15-13-39-9-3-5-11-41(39)31-43/h2-5,8-27,30-37H,1,6-7,28-29H2. The fraction of sp³-hybridized carbons (Fsp3) is 0.103. The molecule has 0 heterocycles. The van der Waals surface area contributed by atoms with Crippen LogP contribution in [0, 0.1) is 0 Å². The molecule has 10 aromatic carbocycles. The molecule has 1 fully saturated rings. The van der Waals surface area contributed by atoms with E-state index in [1.807, 2.05) is 0 Å². The van der Waals surface area contributed by atoms with Crippen LogP contribution in [0.4, 0.5) is 0 Å². The Balaban J connectivity index is 0.874. The quantitative estimate of drug-likeness (QED) is 0.169. The van der Waals surface area contributed by atoms with Crippen molar-refractivity contribution in [1.29, 1.82) is 0 Å². The Bertz CT molecular complexity index is 3050. The molecule has 0 bridgehead atoms. The Hall–Kier alpha value is -6.76. The Morgan fingerprint density at radius 3 is 0.879 bits per heavy atom. The molecule has 0 unspecified atom stereocenters. The van der Waals surface area contributed by atoms with Crippen molar-refractivity contribution in [1.82, 2.24) is 0 Å². The minimum Gasteiger partial charge on any atom is -0.0616 e. The highest BCUT2D eigenvalue weighted by Crippen LogP contribution is 2.57. The first kappa shape index (κ1) is 33.4. The van der Waals surface area contributed by atoms with E-state index in [4.69, 9.17) is 0 Å². The number of hydrogen-bond acceptors (Lipinski definition) is 0. The van der Waals surface area contributed by atoms with Gasteiger partial charge < -0.3 is 0 Å². The van der Waals surface area contributed by atoms with E-state index >= 15 is 0 Å². The molecule has 0 atom stereocenters. The molecule has 0 nitrogen and oxygen atoms in total. The van der Waals surface area contributed by atoms with Crippen molar-refractivity contribution < 1.29 is 0 Å². The molecular formula is C58H42. The second-order valence-corrected chi connectivity index (χ2v) is 16.8. The van der Waals surface area contributed by atoms with Crippen LogP contribution >= 0.6 is 0 Å². The molecule has 1 saturated carbocycles. The lowest BCUT2D eigenvalue weighted by Crippen LogP contribution is -2.28. The summed E-state index contributed by atoms with van der Waals surface area (Å²) in [5.41, 5.74) is 16.2. The zero-order valence-corrected chi connectivity index (χ0v) is 32.5. The van der Waals surface area contributed by atoms with Crippen LogP contribution in [0.5, 0.6) is 0 Å². The Labute approximate surface area is 340 Å². The molecular weight excluding hydrogens is 697 g/mol. The van der Waals surface area contributed by atoms with Crippen LogP contribution in [-0.4, -0.2) is 0 Å². The van der Waals surface area contributed by atoms with Crippen molar-refractivity contribution in [2.75, 3.05) is 0 Å². The summed E-state index contributed by atoms with van der Waals surface area (Å²) in [7, 11) is 0. The Kier molecular flexibility index (Phi) is 7.57. The summed E-state index contributed by atoms with van der Waals surface area (Å²) in [5.74, 6) is 0. The van der Waals surface area contributed by atoms with Crippen LogP contribution in [0.3, 0.4) is 0 Å². The molecule has 12 rings (SSSR count). The van der Waals surface area contributed by atoms with E-state index in [0.29, 0.717) is 0 Å². The van der Waals surface area contributed by atoms with Gasteiger partial charge in [0.05, 0.1) is 0 Å². The molecule has 10 aromatic rings. The molecule has 0 radical (unpaired) electrons. The first-order valence-corrected chi connectivity index (χ1v) is 21.0. The van der Waals surface area contributed by atoms with Gasteiger partial charge in [0, 0.05) is 5.41 Å². The van der Waals surface area contributed by atoms with E-state index in [2.05, 4.69) is 194 Å². The van der Waals surface area contributed by atoms with Gasteiger partial charge in [-0.25, -0.2) is 0 Å². The van der Waals surface area contributed by atoms with Gasteiger partial charge in [-0.1, -0.05) is 165 Å². The molecule has 0 heteroatoms. The van der Waals surface area contributed by atoms with Gasteiger partial charge in [-0.3, -0.25) is 0 Å². The van der Waals surface area contributed by atoms with Gasteiger partial charge in [0.1, 0.15) is 0 Å². The largest absolute Gasteiger partial charge is 0.0616 e. The molecule has 1 spiro atoms. The summed E-state index contributed by atoms with van der Waals surface area (Å²) in [6.07, 6.45) is 6.30. The highest BCUT2D eigenvalue weighted by atomic mass is 14.5. The third-order valence-electron chi connectivity index (χ3n) is 13.6. The van der Waals surface area contributed by atoms with Crippen molar-refractivity contribution >= 4 is 43.1 Å². The average molecular weight is 739 g/mol. The van der Waals surface area contributed by atoms with Gasteiger partial charge in [0.25, 0.3) is 0 Å². The maximum absolute atomic E-state index is 2.55. The highest BCUT2D eigenvalue weighted by molar-refractivity contribution is 5.96. The van der Waals surface area contributed by atoms with Crippen molar-refractivity contribution in [2.24, 2.45) is 0 Å². The van der Waals surface area contributed by atoms with E-state index < -0.39 is 0 Å². The summed E-state index contributed by atoms with van der Waals surface area (Å²) < 4.78 is 0. The number of fused-ring (bicyclic) bond motifs is 9. The second kappa shape index (κ2) is 13.2. The molecule has 0 amide bonds. The summed E-state index contributed by atoms with van der Waals surface area (Å²) in [6.45, 7) is 0. The number of benzene rings is 10. The first-order valence-electron chi connectivity index (χ1n) is 21.0. The molecule has 2 aliphatic rings. The minimum absolute atomic E-state index is 0.0617. The molecule has 274 valence electrons. The smallest absolute Gasteiger partial charge is 0.0215 e. The lowest BCUT2D eigenvalue weighted by molar-refractivity contribution is 0.353.